The molecule has 0 saturated carbocycles. The summed E-state index contributed by atoms with van der Waals surface area (Å²) < 4.78 is 19.3. The molecule has 0 radical (unpaired) electrons. The van der Waals surface area contributed by atoms with Crippen molar-refractivity contribution in [1.82, 2.24) is 19.7 Å². The summed E-state index contributed by atoms with van der Waals surface area (Å²) in [5.41, 5.74) is 7.54. The molecule has 3 aromatic carbocycles. The van der Waals surface area contributed by atoms with Crippen LogP contribution in [-0.2, 0) is 11.3 Å². The normalized spacial score (nSPS) is 13.6. The predicted molar refractivity (Wildman–Crippen MR) is 158 cm³/mol. The van der Waals surface area contributed by atoms with Crippen molar-refractivity contribution in [1.29, 1.82) is 5.26 Å². The maximum Gasteiger partial charge on any atom is 0.252 e. The third kappa shape index (κ3) is 6.16. The van der Waals surface area contributed by atoms with E-state index in [0.717, 1.165) is 35.9 Å². The SMILES string of the molecule is N#Cc1ccc2cc(OCC(=O)c3cn(CCN4CCOCC4)c4cc(Oc5cccnn5)ccc34)c(C(N)=O)cc2c1. The molecule has 0 aliphatic carbocycles. The largest absolute Gasteiger partial charge is 0.485 e. The minimum absolute atomic E-state index is 0.133. The number of ketones is 1. The van der Waals surface area contributed by atoms with Crippen LogP contribution in [0.2, 0.25) is 0 Å². The summed E-state index contributed by atoms with van der Waals surface area (Å²) in [6.07, 6.45) is 3.41. The molecule has 11 nitrogen and oxygen atoms in total. The van der Waals surface area contributed by atoms with Gasteiger partial charge in [-0.05, 0) is 53.2 Å². The van der Waals surface area contributed by atoms with Crippen LogP contribution in [0.4, 0.5) is 0 Å². The number of nitrogens with two attached hydrogens (primary N) is 1. The molecule has 0 atom stereocenters. The first-order valence-corrected chi connectivity index (χ1v) is 13.8. The molecule has 0 unspecified atom stereocenters. The highest BCUT2D eigenvalue weighted by Crippen LogP contribution is 2.30. The molecular weight excluding hydrogens is 548 g/mol. The lowest BCUT2D eigenvalue weighted by atomic mass is 10.0. The van der Waals surface area contributed by atoms with Crippen LogP contribution in [0.3, 0.4) is 0 Å². The van der Waals surface area contributed by atoms with Gasteiger partial charge in [-0.3, -0.25) is 14.5 Å². The number of rotatable bonds is 10. The Morgan fingerprint density at radius 2 is 1.86 bits per heavy atom. The van der Waals surface area contributed by atoms with E-state index in [2.05, 4.69) is 21.2 Å². The smallest absolute Gasteiger partial charge is 0.252 e. The van der Waals surface area contributed by atoms with Crippen LogP contribution in [0.1, 0.15) is 26.3 Å². The van der Waals surface area contributed by atoms with Gasteiger partial charge in [0.15, 0.2) is 6.61 Å². The highest BCUT2D eigenvalue weighted by Gasteiger charge is 2.20. The van der Waals surface area contributed by atoms with E-state index in [9.17, 15) is 14.9 Å². The van der Waals surface area contributed by atoms with E-state index in [0.29, 0.717) is 47.9 Å². The Morgan fingerprint density at radius 1 is 1.00 bits per heavy atom. The summed E-state index contributed by atoms with van der Waals surface area (Å²) >= 11 is 0. The quantitative estimate of drug-likeness (QED) is 0.244. The van der Waals surface area contributed by atoms with Gasteiger partial charge in [0, 0.05) is 61.7 Å². The molecule has 1 saturated heterocycles. The number of nitrogens with zero attached hydrogens (tertiary/aromatic N) is 5. The zero-order chi connectivity index (χ0) is 29.8. The molecule has 1 amide bonds. The average Bonchev–Trinajstić information content (AvgIpc) is 3.40. The fourth-order valence-electron chi connectivity index (χ4n) is 5.16. The Bertz CT molecular complexity index is 1860. The van der Waals surface area contributed by atoms with Crippen LogP contribution in [0, 0.1) is 11.3 Å². The maximum atomic E-state index is 13.6. The summed E-state index contributed by atoms with van der Waals surface area (Å²) in [7, 11) is 0. The van der Waals surface area contributed by atoms with E-state index in [1.54, 1.807) is 54.7 Å². The topological polar surface area (TPSA) is 146 Å². The van der Waals surface area contributed by atoms with Gasteiger partial charge in [-0.15, -0.1) is 5.10 Å². The molecule has 11 heteroatoms. The van der Waals surface area contributed by atoms with Crippen LogP contribution in [0.5, 0.6) is 17.4 Å². The lowest BCUT2D eigenvalue weighted by Gasteiger charge is -2.26. The van der Waals surface area contributed by atoms with E-state index < -0.39 is 5.91 Å². The number of nitriles is 1. The third-order valence-corrected chi connectivity index (χ3v) is 7.38. The minimum atomic E-state index is -0.693. The zero-order valence-corrected chi connectivity index (χ0v) is 23.2. The molecule has 1 aliphatic heterocycles. The highest BCUT2D eigenvalue weighted by atomic mass is 16.5. The number of carbonyl (C=O) groups excluding carboxylic acids is 2. The van der Waals surface area contributed by atoms with Crippen molar-refractivity contribution in [3.05, 3.63) is 89.7 Å². The maximum absolute atomic E-state index is 13.6. The number of aromatic nitrogens is 3. The Morgan fingerprint density at radius 3 is 2.63 bits per heavy atom. The summed E-state index contributed by atoms with van der Waals surface area (Å²) in [6, 6.07) is 19.4. The summed E-state index contributed by atoms with van der Waals surface area (Å²) in [5.74, 6) is 0.183. The Labute approximate surface area is 247 Å². The molecule has 0 spiro atoms. The summed E-state index contributed by atoms with van der Waals surface area (Å²) in [5, 5.41) is 19.2. The van der Waals surface area contributed by atoms with Crippen molar-refractivity contribution in [3.63, 3.8) is 0 Å². The second-order valence-electron chi connectivity index (χ2n) is 10.1. The van der Waals surface area contributed by atoms with Gasteiger partial charge < -0.3 is 24.5 Å². The molecule has 0 bridgehead atoms. The number of amides is 1. The Hall–Kier alpha value is -5.31. The van der Waals surface area contributed by atoms with Gasteiger partial charge in [-0.2, -0.15) is 10.4 Å². The van der Waals surface area contributed by atoms with E-state index in [-0.39, 0.29) is 23.7 Å². The van der Waals surface area contributed by atoms with Crippen LogP contribution < -0.4 is 15.2 Å². The van der Waals surface area contributed by atoms with Gasteiger partial charge in [0.25, 0.3) is 5.91 Å². The summed E-state index contributed by atoms with van der Waals surface area (Å²) in [4.78, 5) is 28.1. The first-order valence-electron chi connectivity index (χ1n) is 13.8. The standard InChI is InChI=1S/C32H28N6O5/c33-18-21-3-4-22-16-30(26(32(34)40)15-23(22)14-21)42-20-29(39)27-19-38(9-8-37-10-12-41-13-11-37)28-17-24(5-6-25(27)28)43-31-2-1-7-35-36-31/h1-7,14-17,19H,8-13,20H2,(H2,34,40). The third-order valence-electron chi connectivity index (χ3n) is 7.38. The van der Waals surface area contributed by atoms with Crippen LogP contribution >= 0.6 is 0 Å². The number of benzene rings is 3. The minimum Gasteiger partial charge on any atom is -0.485 e. The van der Waals surface area contributed by atoms with Crippen molar-refractivity contribution >= 4 is 33.4 Å². The van der Waals surface area contributed by atoms with Crippen LogP contribution in [0.15, 0.2) is 73.1 Å². The molecule has 5 aromatic rings. The molecule has 6 rings (SSSR count). The lowest BCUT2D eigenvalue weighted by molar-refractivity contribution is 0.0365. The number of hydrogen-bond donors (Lipinski definition) is 1. The monoisotopic (exact) mass is 576 g/mol. The molecule has 3 heterocycles. The average molecular weight is 577 g/mol. The van der Waals surface area contributed by atoms with Gasteiger partial charge in [-0.25, -0.2) is 0 Å². The fourth-order valence-corrected chi connectivity index (χ4v) is 5.16. The van der Waals surface area contributed by atoms with Crippen molar-refractivity contribution in [3.8, 4) is 23.4 Å². The second-order valence-corrected chi connectivity index (χ2v) is 10.1. The molecule has 1 aliphatic rings. The first-order chi connectivity index (χ1) is 21.0. The molecule has 1 fully saturated rings. The number of Topliss-reactive ketones (excluding diaryl/α,β-unsaturated/α-hetero) is 1. The Balaban J connectivity index is 1.28. The number of ether oxygens (including phenoxy) is 3. The van der Waals surface area contributed by atoms with Gasteiger partial charge in [0.2, 0.25) is 11.7 Å². The number of fused-ring (bicyclic) bond motifs is 2. The van der Waals surface area contributed by atoms with Crippen molar-refractivity contribution in [2.24, 2.45) is 5.73 Å². The number of primary amides is 1. The van der Waals surface area contributed by atoms with Gasteiger partial charge >= 0.3 is 0 Å². The molecule has 216 valence electrons. The molecule has 43 heavy (non-hydrogen) atoms. The second kappa shape index (κ2) is 12.3. The molecule has 2 N–H and O–H groups in total. The van der Waals surface area contributed by atoms with Crippen molar-refractivity contribution < 1.29 is 23.8 Å². The van der Waals surface area contributed by atoms with E-state index >= 15 is 0 Å². The van der Waals surface area contributed by atoms with Gasteiger partial charge in [-0.1, -0.05) is 6.07 Å². The number of hydrogen-bond acceptors (Lipinski definition) is 9. The van der Waals surface area contributed by atoms with E-state index in [4.69, 9.17) is 19.9 Å². The lowest BCUT2D eigenvalue weighted by Crippen LogP contribution is -2.38. The highest BCUT2D eigenvalue weighted by molar-refractivity contribution is 6.09. The van der Waals surface area contributed by atoms with E-state index in [1.807, 2.05) is 22.9 Å². The van der Waals surface area contributed by atoms with Crippen molar-refractivity contribution in [2.45, 2.75) is 6.54 Å². The number of carbonyl (C=O) groups is 2. The number of morpholine rings is 1. The zero-order valence-electron chi connectivity index (χ0n) is 23.2. The fraction of sp³-hybridized carbons (Fsp3) is 0.219. The Kier molecular flexibility index (Phi) is 7.95. The van der Waals surface area contributed by atoms with Gasteiger partial charge in [0.05, 0.1) is 35.9 Å². The van der Waals surface area contributed by atoms with Crippen molar-refractivity contribution in [2.75, 3.05) is 39.5 Å². The predicted octanol–water partition coefficient (Wildman–Crippen LogP) is 3.94. The summed E-state index contributed by atoms with van der Waals surface area (Å²) in [6.45, 7) is 4.25. The van der Waals surface area contributed by atoms with E-state index in [1.165, 1.54) is 0 Å². The van der Waals surface area contributed by atoms with Gasteiger partial charge in [0.1, 0.15) is 11.5 Å². The molecular formula is C32H28N6O5. The van der Waals surface area contributed by atoms with Crippen LogP contribution in [-0.4, -0.2) is 70.8 Å². The van der Waals surface area contributed by atoms with Crippen LogP contribution in [0.25, 0.3) is 21.7 Å². The molecule has 2 aromatic heterocycles. The first kappa shape index (κ1) is 27.8.